The zero-order valence-electron chi connectivity index (χ0n) is 13.1. The van der Waals surface area contributed by atoms with E-state index in [9.17, 15) is 4.79 Å². The smallest absolute Gasteiger partial charge is 0.262 e. The fourth-order valence-electron chi connectivity index (χ4n) is 2.75. The normalized spacial score (nSPS) is 12.6. The summed E-state index contributed by atoms with van der Waals surface area (Å²) in [5.74, 6) is 0.622. The molecule has 0 aliphatic carbocycles. The van der Waals surface area contributed by atoms with Crippen molar-refractivity contribution in [2.45, 2.75) is 25.8 Å². The van der Waals surface area contributed by atoms with E-state index in [1.165, 1.54) is 5.56 Å². The molecule has 3 rings (SSSR count). The third-order valence-electron chi connectivity index (χ3n) is 4.08. The van der Waals surface area contributed by atoms with Gasteiger partial charge in [-0.3, -0.25) is 9.78 Å². The molecule has 0 saturated heterocycles. The van der Waals surface area contributed by atoms with Gasteiger partial charge in [-0.25, -0.2) is 0 Å². The molecule has 120 valence electrons. The molecule has 0 bridgehead atoms. The summed E-state index contributed by atoms with van der Waals surface area (Å²) >= 11 is 0. The van der Waals surface area contributed by atoms with Crippen molar-refractivity contribution in [2.75, 3.05) is 12.3 Å². The highest BCUT2D eigenvalue weighted by molar-refractivity contribution is 5.79. The molecule has 6 heteroatoms. The zero-order valence-corrected chi connectivity index (χ0v) is 13.1. The molecule has 3 aromatic rings. The first-order valence-electron chi connectivity index (χ1n) is 7.76. The zero-order chi connectivity index (χ0) is 16.2. The van der Waals surface area contributed by atoms with E-state index in [1.807, 2.05) is 6.07 Å². The third-order valence-corrected chi connectivity index (χ3v) is 4.08. The highest BCUT2D eigenvalue weighted by Crippen LogP contribution is 2.18. The van der Waals surface area contributed by atoms with Gasteiger partial charge in [0.15, 0.2) is 0 Å². The summed E-state index contributed by atoms with van der Waals surface area (Å²) in [6, 6.07) is 10.5. The van der Waals surface area contributed by atoms with Gasteiger partial charge in [0.2, 0.25) is 5.95 Å². The lowest BCUT2D eigenvalue weighted by atomic mass is 9.98. The van der Waals surface area contributed by atoms with Gasteiger partial charge in [-0.1, -0.05) is 37.3 Å². The van der Waals surface area contributed by atoms with Crippen LogP contribution in [0.2, 0.25) is 0 Å². The number of anilines is 1. The molecule has 0 fully saturated rings. The van der Waals surface area contributed by atoms with Crippen LogP contribution in [0.25, 0.3) is 11.0 Å². The van der Waals surface area contributed by atoms with Crippen molar-refractivity contribution in [3.8, 4) is 0 Å². The Morgan fingerprint density at radius 2 is 2.09 bits per heavy atom. The molecule has 6 nitrogen and oxygen atoms in total. The third kappa shape index (κ3) is 3.43. The van der Waals surface area contributed by atoms with E-state index in [-0.39, 0.29) is 11.5 Å². The van der Waals surface area contributed by atoms with Crippen LogP contribution in [-0.4, -0.2) is 21.5 Å². The predicted octanol–water partition coefficient (Wildman–Crippen LogP) is 2.12. The van der Waals surface area contributed by atoms with Crippen molar-refractivity contribution in [1.82, 2.24) is 20.3 Å². The number of nitrogen functional groups attached to an aromatic ring is 1. The number of H-pyrrole nitrogens is 2. The number of benzene rings is 1. The van der Waals surface area contributed by atoms with Crippen LogP contribution < -0.4 is 16.6 Å². The fraction of sp³-hybridized carbons (Fsp3) is 0.294. The summed E-state index contributed by atoms with van der Waals surface area (Å²) < 4.78 is 0. The molecule has 2 aromatic heterocycles. The van der Waals surface area contributed by atoms with Gasteiger partial charge in [-0.2, -0.15) is 4.98 Å². The fourth-order valence-corrected chi connectivity index (χ4v) is 2.75. The summed E-state index contributed by atoms with van der Waals surface area (Å²) in [7, 11) is 0. The molecule has 23 heavy (non-hydrogen) atoms. The summed E-state index contributed by atoms with van der Waals surface area (Å²) in [4.78, 5) is 21.6. The van der Waals surface area contributed by atoms with Crippen molar-refractivity contribution in [3.63, 3.8) is 0 Å². The van der Waals surface area contributed by atoms with Gasteiger partial charge < -0.3 is 16.0 Å². The minimum Gasteiger partial charge on any atom is -0.369 e. The summed E-state index contributed by atoms with van der Waals surface area (Å²) in [6.07, 6.45) is 2.84. The Bertz CT molecular complexity index is 837. The number of aromatic amines is 2. The van der Waals surface area contributed by atoms with Crippen LogP contribution in [0.3, 0.4) is 0 Å². The van der Waals surface area contributed by atoms with Crippen LogP contribution in [0.4, 0.5) is 5.95 Å². The Morgan fingerprint density at radius 3 is 2.87 bits per heavy atom. The number of aromatic nitrogens is 3. The van der Waals surface area contributed by atoms with Crippen molar-refractivity contribution >= 4 is 17.0 Å². The van der Waals surface area contributed by atoms with E-state index in [0.717, 1.165) is 18.5 Å². The molecule has 0 saturated carbocycles. The Balaban J connectivity index is 1.58. The van der Waals surface area contributed by atoms with Gasteiger partial charge in [0.05, 0.1) is 5.39 Å². The summed E-state index contributed by atoms with van der Waals surface area (Å²) in [6.45, 7) is 3.72. The number of rotatable bonds is 6. The lowest BCUT2D eigenvalue weighted by molar-refractivity contribution is 0.595. The van der Waals surface area contributed by atoms with Gasteiger partial charge in [0, 0.05) is 12.7 Å². The lowest BCUT2D eigenvalue weighted by Crippen LogP contribution is -2.18. The van der Waals surface area contributed by atoms with Gasteiger partial charge in [0.1, 0.15) is 5.65 Å². The summed E-state index contributed by atoms with van der Waals surface area (Å²) in [5.41, 5.74) is 8.11. The molecule has 1 atom stereocenters. The Kier molecular flexibility index (Phi) is 4.43. The van der Waals surface area contributed by atoms with Gasteiger partial charge in [0.25, 0.3) is 5.56 Å². The standard InChI is InChI=1S/C17H21N5O/c1-11(12-5-3-2-4-6-12)7-8-19-9-13-10-20-15-14(13)16(23)22-17(18)21-15/h2-6,10-11,19H,7-9H2,1H3,(H4,18,20,21,22,23)/t11-/m0/s1. The molecule has 2 heterocycles. The average Bonchev–Trinajstić information content (AvgIpc) is 2.95. The quantitative estimate of drug-likeness (QED) is 0.524. The minimum absolute atomic E-state index is 0.126. The largest absolute Gasteiger partial charge is 0.369 e. The second-order valence-corrected chi connectivity index (χ2v) is 5.77. The van der Waals surface area contributed by atoms with Crippen molar-refractivity contribution < 1.29 is 0 Å². The average molecular weight is 311 g/mol. The predicted molar refractivity (Wildman–Crippen MR) is 92.3 cm³/mol. The number of nitrogens with two attached hydrogens (primary N) is 1. The van der Waals surface area contributed by atoms with Crippen molar-refractivity contribution in [1.29, 1.82) is 0 Å². The Hall–Kier alpha value is -2.60. The van der Waals surface area contributed by atoms with Crippen LogP contribution >= 0.6 is 0 Å². The van der Waals surface area contributed by atoms with Crippen molar-refractivity contribution in [2.24, 2.45) is 0 Å². The maximum absolute atomic E-state index is 12.0. The molecule has 0 radical (unpaired) electrons. The first-order chi connectivity index (χ1) is 11.1. The number of nitrogens with zero attached hydrogens (tertiary/aromatic N) is 1. The molecule has 0 aliphatic heterocycles. The monoisotopic (exact) mass is 311 g/mol. The number of nitrogens with one attached hydrogen (secondary N) is 3. The maximum Gasteiger partial charge on any atom is 0.262 e. The van der Waals surface area contributed by atoms with Crippen LogP contribution in [0.5, 0.6) is 0 Å². The molecule has 0 amide bonds. The molecule has 0 unspecified atom stereocenters. The molecule has 1 aromatic carbocycles. The topological polar surface area (TPSA) is 99.6 Å². The van der Waals surface area contributed by atoms with E-state index in [1.54, 1.807) is 6.20 Å². The highest BCUT2D eigenvalue weighted by Gasteiger charge is 2.10. The second-order valence-electron chi connectivity index (χ2n) is 5.77. The van der Waals surface area contributed by atoms with Crippen LogP contribution in [0.15, 0.2) is 41.3 Å². The van der Waals surface area contributed by atoms with E-state index >= 15 is 0 Å². The number of hydrogen-bond acceptors (Lipinski definition) is 4. The van der Waals surface area contributed by atoms with Gasteiger partial charge in [-0.15, -0.1) is 0 Å². The second kappa shape index (κ2) is 6.66. The van der Waals surface area contributed by atoms with E-state index in [0.29, 0.717) is 23.5 Å². The number of fused-ring (bicyclic) bond motifs is 1. The van der Waals surface area contributed by atoms with E-state index in [4.69, 9.17) is 5.73 Å². The van der Waals surface area contributed by atoms with E-state index in [2.05, 4.69) is 51.5 Å². The number of hydrogen-bond donors (Lipinski definition) is 4. The lowest BCUT2D eigenvalue weighted by Gasteiger charge is -2.12. The highest BCUT2D eigenvalue weighted by atomic mass is 16.1. The van der Waals surface area contributed by atoms with Crippen LogP contribution in [0.1, 0.15) is 30.4 Å². The Morgan fingerprint density at radius 1 is 1.30 bits per heavy atom. The molecule has 0 aliphatic rings. The maximum atomic E-state index is 12.0. The van der Waals surface area contributed by atoms with Gasteiger partial charge >= 0.3 is 0 Å². The molecular weight excluding hydrogens is 290 g/mol. The molecule has 5 N–H and O–H groups in total. The van der Waals surface area contributed by atoms with E-state index < -0.39 is 0 Å². The van der Waals surface area contributed by atoms with Crippen LogP contribution in [-0.2, 0) is 6.54 Å². The SMILES string of the molecule is C[C@@H](CCNCc1c[nH]c2nc(N)[nH]c(=O)c12)c1ccccc1. The van der Waals surface area contributed by atoms with Crippen LogP contribution in [0, 0.1) is 0 Å². The van der Waals surface area contributed by atoms with Crippen molar-refractivity contribution in [3.05, 3.63) is 58.0 Å². The minimum atomic E-state index is -0.205. The molecule has 0 spiro atoms. The van der Waals surface area contributed by atoms with Gasteiger partial charge in [-0.05, 0) is 30.0 Å². The Labute approximate surface area is 134 Å². The first kappa shape index (κ1) is 15.3. The first-order valence-corrected chi connectivity index (χ1v) is 7.76. The molecular formula is C17H21N5O. The summed E-state index contributed by atoms with van der Waals surface area (Å²) in [5, 5.41) is 3.96.